The molecule has 2 aromatic carbocycles. The maximum atomic E-state index is 13.6. The number of hydrogen-bond acceptors (Lipinski definition) is 4. The Balaban J connectivity index is 1.74. The van der Waals surface area contributed by atoms with Gasteiger partial charge < -0.3 is 19.7 Å². The van der Waals surface area contributed by atoms with Gasteiger partial charge in [0.15, 0.2) is 0 Å². The van der Waals surface area contributed by atoms with Crippen molar-refractivity contribution in [1.29, 1.82) is 0 Å². The average Bonchev–Trinajstić information content (AvgIpc) is 3.26. The first-order valence-electron chi connectivity index (χ1n) is 12.3. The number of H-pyrrole nitrogens is 1. The zero-order valence-electron chi connectivity index (χ0n) is 21.0. The highest BCUT2D eigenvalue weighted by Crippen LogP contribution is 2.19. The van der Waals surface area contributed by atoms with Crippen LogP contribution in [0.4, 0.5) is 0 Å². The lowest BCUT2D eigenvalue weighted by Gasteiger charge is -2.30. The monoisotopic (exact) mass is 499 g/mol. The van der Waals surface area contributed by atoms with Crippen molar-refractivity contribution >= 4 is 28.4 Å². The molecule has 0 unspecified atom stereocenters. The van der Waals surface area contributed by atoms with Crippen LogP contribution in [0.5, 0.6) is 0 Å². The van der Waals surface area contributed by atoms with Crippen molar-refractivity contribution in [2.24, 2.45) is 5.92 Å². The van der Waals surface area contributed by atoms with Crippen LogP contribution in [0.3, 0.4) is 0 Å². The molecule has 0 spiro atoms. The van der Waals surface area contributed by atoms with Crippen molar-refractivity contribution in [3.05, 3.63) is 70.9 Å². The number of benzene rings is 2. The van der Waals surface area contributed by atoms with Crippen molar-refractivity contribution in [1.82, 2.24) is 14.8 Å². The van der Waals surface area contributed by atoms with Crippen LogP contribution in [-0.4, -0.2) is 71.8 Å². The second-order valence-corrected chi connectivity index (χ2v) is 9.88. The topological polar surface area (TPSA) is 68.8 Å². The summed E-state index contributed by atoms with van der Waals surface area (Å²) in [5.74, 6) is 0.176. The summed E-state index contributed by atoms with van der Waals surface area (Å²) >= 11 is 6.07. The molecule has 1 aromatic heterocycles. The smallest absolute Gasteiger partial charge is 0.237 e. The number of aliphatic hydroxyl groups excluding tert-OH is 1. The zero-order valence-corrected chi connectivity index (χ0v) is 21.8. The van der Waals surface area contributed by atoms with E-state index in [2.05, 4.69) is 17.1 Å². The molecule has 35 heavy (non-hydrogen) atoms. The maximum Gasteiger partial charge on any atom is 0.237 e. The highest BCUT2D eigenvalue weighted by atomic mass is 35.5. The van der Waals surface area contributed by atoms with Gasteiger partial charge in [0, 0.05) is 62.0 Å². The van der Waals surface area contributed by atoms with Crippen molar-refractivity contribution in [3.8, 4) is 0 Å². The Morgan fingerprint density at radius 1 is 1.11 bits per heavy atom. The first-order chi connectivity index (χ1) is 16.9. The number of carbonyl (C=O) groups excluding carboxylic acids is 1. The maximum absolute atomic E-state index is 13.6. The quantitative estimate of drug-likeness (QED) is 0.314. The first-order valence-corrected chi connectivity index (χ1v) is 12.7. The molecule has 0 saturated heterocycles. The number of nitrogens with zero attached hydrogens (tertiary/aromatic N) is 2. The zero-order chi connectivity index (χ0) is 25.2. The van der Waals surface area contributed by atoms with Gasteiger partial charge in [-0.25, -0.2) is 0 Å². The number of halogens is 1. The molecule has 3 aromatic rings. The third-order valence-corrected chi connectivity index (χ3v) is 6.61. The van der Waals surface area contributed by atoms with Gasteiger partial charge in [0.1, 0.15) is 0 Å². The lowest BCUT2D eigenvalue weighted by atomic mass is 10.1. The third kappa shape index (κ3) is 8.36. The molecule has 0 aliphatic rings. The van der Waals surface area contributed by atoms with Crippen molar-refractivity contribution < 1.29 is 14.6 Å². The van der Waals surface area contributed by atoms with E-state index in [-0.39, 0.29) is 18.4 Å². The summed E-state index contributed by atoms with van der Waals surface area (Å²) in [6.07, 6.45) is 3.11. The molecule has 0 fully saturated rings. The van der Waals surface area contributed by atoms with Gasteiger partial charge in [0.2, 0.25) is 5.91 Å². The number of fused-ring (bicyclic) bond motifs is 1. The number of ether oxygens (including phenoxy) is 1. The number of aromatic amines is 1. The number of methoxy groups -OCH3 is 1. The normalized spacial score (nSPS) is 12.5. The molecule has 0 radical (unpaired) electrons. The van der Waals surface area contributed by atoms with Gasteiger partial charge >= 0.3 is 0 Å². The SMILES string of the molecule is COCCCN(CC(=O)N(CCc1c[nH]c2ccccc12)Cc1ccc(Cl)cc1)C[C@@H](O)C(C)C. The minimum atomic E-state index is -0.485. The van der Waals surface area contributed by atoms with E-state index in [0.717, 1.165) is 23.9 Å². The molecule has 3 rings (SSSR count). The summed E-state index contributed by atoms with van der Waals surface area (Å²) in [6.45, 7) is 7.14. The number of aliphatic hydroxyl groups is 1. The van der Waals surface area contributed by atoms with Crippen LogP contribution in [0.25, 0.3) is 10.9 Å². The second kappa shape index (κ2) is 13.6. The highest BCUT2D eigenvalue weighted by Gasteiger charge is 2.21. The molecule has 0 saturated carbocycles. The van der Waals surface area contributed by atoms with E-state index >= 15 is 0 Å². The van der Waals surface area contributed by atoms with Gasteiger partial charge in [0.25, 0.3) is 0 Å². The summed E-state index contributed by atoms with van der Waals surface area (Å²) < 4.78 is 5.20. The average molecular weight is 500 g/mol. The van der Waals surface area contributed by atoms with E-state index in [9.17, 15) is 9.90 Å². The number of nitrogens with one attached hydrogen (secondary N) is 1. The highest BCUT2D eigenvalue weighted by molar-refractivity contribution is 6.30. The summed E-state index contributed by atoms with van der Waals surface area (Å²) in [4.78, 5) is 20.9. The van der Waals surface area contributed by atoms with E-state index in [1.807, 2.05) is 66.2 Å². The van der Waals surface area contributed by atoms with Crippen LogP contribution < -0.4 is 0 Å². The first kappa shape index (κ1) is 27.2. The molecular weight excluding hydrogens is 462 g/mol. The molecule has 1 amide bonds. The molecule has 0 aliphatic heterocycles. The fraction of sp³-hybridized carbons (Fsp3) is 0.464. The molecule has 190 valence electrons. The molecule has 0 aliphatic carbocycles. The van der Waals surface area contributed by atoms with E-state index in [1.165, 1.54) is 10.9 Å². The Morgan fingerprint density at radius 2 is 1.86 bits per heavy atom. The van der Waals surface area contributed by atoms with Crippen LogP contribution in [-0.2, 0) is 22.5 Å². The Labute approximate surface area is 213 Å². The van der Waals surface area contributed by atoms with E-state index in [1.54, 1.807) is 7.11 Å². The Kier molecular flexibility index (Phi) is 10.6. The molecule has 6 nitrogen and oxygen atoms in total. The molecule has 2 N–H and O–H groups in total. The van der Waals surface area contributed by atoms with Gasteiger partial charge in [-0.3, -0.25) is 9.69 Å². The number of rotatable bonds is 14. The van der Waals surface area contributed by atoms with Crippen LogP contribution in [0.2, 0.25) is 5.02 Å². The minimum Gasteiger partial charge on any atom is -0.392 e. The van der Waals surface area contributed by atoms with Crippen LogP contribution in [0.1, 0.15) is 31.4 Å². The fourth-order valence-corrected chi connectivity index (χ4v) is 4.26. The van der Waals surface area contributed by atoms with Crippen LogP contribution >= 0.6 is 11.6 Å². The van der Waals surface area contributed by atoms with Gasteiger partial charge in [-0.05, 0) is 48.1 Å². The Bertz CT molecular complexity index is 1050. The Morgan fingerprint density at radius 3 is 2.57 bits per heavy atom. The lowest BCUT2D eigenvalue weighted by Crippen LogP contribution is -2.44. The largest absolute Gasteiger partial charge is 0.392 e. The van der Waals surface area contributed by atoms with Gasteiger partial charge in [-0.2, -0.15) is 0 Å². The van der Waals surface area contributed by atoms with Crippen molar-refractivity contribution in [3.63, 3.8) is 0 Å². The Hall–Kier alpha value is -2.38. The van der Waals surface area contributed by atoms with E-state index in [0.29, 0.717) is 37.8 Å². The summed E-state index contributed by atoms with van der Waals surface area (Å²) in [7, 11) is 1.68. The minimum absolute atomic E-state index is 0.0492. The fourth-order valence-electron chi connectivity index (χ4n) is 4.13. The number of para-hydroxylation sites is 1. The van der Waals surface area contributed by atoms with Gasteiger partial charge in [0.05, 0.1) is 12.6 Å². The molecule has 7 heteroatoms. The number of aromatic nitrogens is 1. The molecular formula is C28H38ClN3O3. The number of amides is 1. The van der Waals surface area contributed by atoms with E-state index < -0.39 is 6.10 Å². The predicted molar refractivity (Wildman–Crippen MR) is 143 cm³/mol. The predicted octanol–water partition coefficient (Wildman–Crippen LogP) is 4.75. The second-order valence-electron chi connectivity index (χ2n) is 9.44. The third-order valence-electron chi connectivity index (χ3n) is 6.36. The van der Waals surface area contributed by atoms with Gasteiger partial charge in [-0.15, -0.1) is 0 Å². The van der Waals surface area contributed by atoms with Crippen molar-refractivity contribution in [2.45, 2.75) is 39.3 Å². The van der Waals surface area contributed by atoms with Crippen molar-refractivity contribution in [2.75, 3.05) is 39.9 Å². The van der Waals surface area contributed by atoms with Crippen LogP contribution in [0, 0.1) is 5.92 Å². The summed E-state index contributed by atoms with van der Waals surface area (Å²) in [6, 6.07) is 15.9. The number of carbonyl (C=O) groups is 1. The van der Waals surface area contributed by atoms with E-state index in [4.69, 9.17) is 16.3 Å². The molecule has 0 bridgehead atoms. The summed E-state index contributed by atoms with van der Waals surface area (Å²) in [5.41, 5.74) is 3.33. The summed E-state index contributed by atoms with van der Waals surface area (Å²) in [5, 5.41) is 12.3. The molecule has 1 heterocycles. The van der Waals surface area contributed by atoms with Crippen LogP contribution in [0.15, 0.2) is 54.7 Å². The van der Waals surface area contributed by atoms with Gasteiger partial charge in [-0.1, -0.05) is 55.8 Å². The number of hydrogen-bond donors (Lipinski definition) is 2. The lowest BCUT2D eigenvalue weighted by molar-refractivity contribution is -0.133. The standard InChI is InChI=1S/C28H38ClN3O3/c1-21(2)27(33)19-31(14-6-16-35-3)20-28(34)32(18-22-9-11-24(29)12-10-22)15-13-23-17-30-26-8-5-4-7-25(23)26/h4-5,7-12,17,21,27,30,33H,6,13-16,18-20H2,1-3H3/t27-/m1/s1. The molecule has 1 atom stereocenters.